The third-order valence-corrected chi connectivity index (χ3v) is 5.89. The minimum atomic E-state index is -0.772. The van der Waals surface area contributed by atoms with Crippen LogP contribution in [0.3, 0.4) is 0 Å². The van der Waals surface area contributed by atoms with Crippen LogP contribution < -0.4 is 4.74 Å². The van der Waals surface area contributed by atoms with E-state index in [1.165, 1.54) is 30.3 Å². The van der Waals surface area contributed by atoms with Crippen molar-refractivity contribution in [3.05, 3.63) is 89.5 Å². The summed E-state index contributed by atoms with van der Waals surface area (Å²) in [4.78, 5) is 14.4. The molecule has 1 amide bonds. The van der Waals surface area contributed by atoms with Gasteiger partial charge in [-0.15, -0.1) is 0 Å². The van der Waals surface area contributed by atoms with Crippen molar-refractivity contribution in [1.29, 1.82) is 0 Å². The molecule has 0 atom stereocenters. The van der Waals surface area contributed by atoms with Crippen LogP contribution in [0.5, 0.6) is 5.75 Å². The van der Waals surface area contributed by atoms with Gasteiger partial charge in [-0.2, -0.15) is 0 Å². The van der Waals surface area contributed by atoms with Crippen LogP contribution in [0.1, 0.15) is 28.8 Å². The zero-order chi connectivity index (χ0) is 21.4. The largest absolute Gasteiger partial charge is 0.462 e. The van der Waals surface area contributed by atoms with E-state index in [4.69, 9.17) is 9.47 Å². The molecule has 3 aromatic carbocycles. The molecule has 0 saturated carbocycles. The van der Waals surface area contributed by atoms with E-state index in [1.54, 1.807) is 17.0 Å². The van der Waals surface area contributed by atoms with Gasteiger partial charge in [0.1, 0.15) is 17.4 Å². The predicted molar refractivity (Wildman–Crippen MR) is 112 cm³/mol. The average Bonchev–Trinajstić information content (AvgIpc) is 2.79. The van der Waals surface area contributed by atoms with Gasteiger partial charge in [0, 0.05) is 37.1 Å². The molecule has 31 heavy (non-hydrogen) atoms. The minimum Gasteiger partial charge on any atom is -0.462 e. The van der Waals surface area contributed by atoms with E-state index in [0.717, 1.165) is 22.4 Å². The van der Waals surface area contributed by atoms with Gasteiger partial charge in [0.2, 0.25) is 5.79 Å². The highest BCUT2D eigenvalue weighted by atomic mass is 19.1. The van der Waals surface area contributed by atoms with Crippen molar-refractivity contribution < 1.29 is 23.0 Å². The first kappa shape index (κ1) is 19.7. The molecule has 0 N–H and O–H groups in total. The number of fused-ring (bicyclic) bond motifs is 1. The molecule has 0 aliphatic carbocycles. The summed E-state index contributed by atoms with van der Waals surface area (Å²) < 4.78 is 39.3. The molecule has 1 fully saturated rings. The number of hydrogen-bond acceptors (Lipinski definition) is 3. The first-order valence-corrected chi connectivity index (χ1v) is 10.3. The van der Waals surface area contributed by atoms with Crippen LogP contribution in [0, 0.1) is 11.6 Å². The Morgan fingerprint density at radius 2 is 1.58 bits per heavy atom. The summed E-state index contributed by atoms with van der Waals surface area (Å²) >= 11 is 0. The molecular formula is C25H21F2NO3. The SMILES string of the molecule is O=C(c1cccc(F)c1)N1CCC2(CC1)OCc1cc(-c3cccc(F)c3)ccc1O2. The van der Waals surface area contributed by atoms with Gasteiger partial charge in [-0.05, 0) is 53.6 Å². The van der Waals surface area contributed by atoms with E-state index in [1.807, 2.05) is 24.3 Å². The van der Waals surface area contributed by atoms with Gasteiger partial charge >= 0.3 is 0 Å². The van der Waals surface area contributed by atoms with Crippen molar-refractivity contribution in [2.45, 2.75) is 25.2 Å². The normalized spacial score (nSPS) is 17.2. The number of halogens is 2. The molecule has 2 heterocycles. The van der Waals surface area contributed by atoms with Crippen molar-refractivity contribution in [2.75, 3.05) is 13.1 Å². The Morgan fingerprint density at radius 3 is 2.32 bits per heavy atom. The van der Waals surface area contributed by atoms with E-state index in [0.29, 0.717) is 38.1 Å². The van der Waals surface area contributed by atoms with E-state index in [9.17, 15) is 13.6 Å². The Balaban J connectivity index is 1.28. The highest BCUT2D eigenvalue weighted by molar-refractivity contribution is 5.94. The summed E-state index contributed by atoms with van der Waals surface area (Å²) in [5.41, 5.74) is 2.95. The Kier molecular flexibility index (Phi) is 4.94. The number of amides is 1. The second-order valence-corrected chi connectivity index (χ2v) is 7.94. The van der Waals surface area contributed by atoms with Crippen LogP contribution in [0.15, 0.2) is 66.7 Å². The molecular weight excluding hydrogens is 400 g/mol. The molecule has 0 radical (unpaired) electrons. The van der Waals surface area contributed by atoms with Crippen molar-refractivity contribution in [2.24, 2.45) is 0 Å². The van der Waals surface area contributed by atoms with Gasteiger partial charge in [-0.25, -0.2) is 8.78 Å². The van der Waals surface area contributed by atoms with Gasteiger partial charge in [-0.3, -0.25) is 4.79 Å². The number of likely N-dealkylation sites (tertiary alicyclic amines) is 1. The molecule has 4 nitrogen and oxygen atoms in total. The van der Waals surface area contributed by atoms with E-state index < -0.39 is 11.6 Å². The average molecular weight is 421 g/mol. The van der Waals surface area contributed by atoms with Crippen molar-refractivity contribution in [1.82, 2.24) is 4.90 Å². The molecule has 2 aliphatic heterocycles. The van der Waals surface area contributed by atoms with Gasteiger partial charge < -0.3 is 14.4 Å². The topological polar surface area (TPSA) is 38.8 Å². The fourth-order valence-corrected chi connectivity index (χ4v) is 4.18. The molecule has 0 aromatic heterocycles. The van der Waals surface area contributed by atoms with Crippen LogP contribution in [0.25, 0.3) is 11.1 Å². The van der Waals surface area contributed by atoms with E-state index in [-0.39, 0.29) is 11.7 Å². The summed E-state index contributed by atoms with van der Waals surface area (Å²) in [6.45, 7) is 1.31. The fraction of sp³-hybridized carbons (Fsp3) is 0.240. The molecule has 1 saturated heterocycles. The molecule has 0 unspecified atom stereocenters. The van der Waals surface area contributed by atoms with Gasteiger partial charge in [-0.1, -0.05) is 24.3 Å². The molecule has 3 aromatic rings. The Bertz CT molecular complexity index is 1140. The smallest absolute Gasteiger partial charge is 0.253 e. The Morgan fingerprint density at radius 1 is 0.871 bits per heavy atom. The summed E-state index contributed by atoms with van der Waals surface area (Å²) in [5, 5.41) is 0. The molecule has 6 heteroatoms. The first-order valence-electron chi connectivity index (χ1n) is 10.3. The number of carbonyl (C=O) groups is 1. The van der Waals surface area contributed by atoms with Crippen LogP contribution >= 0.6 is 0 Å². The predicted octanol–water partition coefficient (Wildman–Crippen LogP) is 5.17. The maximum atomic E-state index is 13.6. The summed E-state index contributed by atoms with van der Waals surface area (Å²) in [6, 6.07) is 18.0. The second-order valence-electron chi connectivity index (χ2n) is 7.94. The lowest BCUT2D eigenvalue weighted by atomic mass is 9.98. The quantitative estimate of drug-likeness (QED) is 0.573. The monoisotopic (exact) mass is 421 g/mol. The summed E-state index contributed by atoms with van der Waals surface area (Å²) in [5.74, 6) is -0.915. The number of rotatable bonds is 2. The van der Waals surface area contributed by atoms with Crippen LogP contribution in [0.2, 0.25) is 0 Å². The van der Waals surface area contributed by atoms with E-state index in [2.05, 4.69) is 0 Å². The molecule has 0 bridgehead atoms. The van der Waals surface area contributed by atoms with Gasteiger partial charge in [0.25, 0.3) is 5.91 Å². The molecule has 158 valence electrons. The van der Waals surface area contributed by atoms with E-state index >= 15 is 0 Å². The van der Waals surface area contributed by atoms with Crippen molar-refractivity contribution >= 4 is 5.91 Å². The third-order valence-electron chi connectivity index (χ3n) is 5.89. The maximum absolute atomic E-state index is 13.6. The Hall–Kier alpha value is -3.25. The lowest BCUT2D eigenvalue weighted by Gasteiger charge is -2.44. The van der Waals surface area contributed by atoms with Crippen LogP contribution in [0.4, 0.5) is 8.78 Å². The second kappa shape index (κ2) is 7.78. The number of ether oxygens (including phenoxy) is 2. The standard InChI is InChI=1S/C25H21F2NO3/c26-21-5-1-3-17(14-21)18-7-8-23-20(13-18)16-30-25(31-23)9-11-28(12-10-25)24(29)19-4-2-6-22(27)15-19/h1-8,13-15H,9-12,16H2. The van der Waals surface area contributed by atoms with Crippen LogP contribution in [-0.2, 0) is 11.3 Å². The first-order chi connectivity index (χ1) is 15.0. The molecule has 1 spiro atoms. The van der Waals surface area contributed by atoms with Crippen molar-refractivity contribution in [3.63, 3.8) is 0 Å². The third kappa shape index (κ3) is 3.91. The van der Waals surface area contributed by atoms with Crippen molar-refractivity contribution in [3.8, 4) is 16.9 Å². The number of carbonyl (C=O) groups excluding carboxylic acids is 1. The fourth-order valence-electron chi connectivity index (χ4n) is 4.18. The lowest BCUT2D eigenvalue weighted by molar-refractivity contribution is -0.225. The van der Waals surface area contributed by atoms with Gasteiger partial charge in [0.15, 0.2) is 0 Å². The van der Waals surface area contributed by atoms with Gasteiger partial charge in [0.05, 0.1) is 6.61 Å². The van der Waals surface area contributed by atoms with Crippen LogP contribution in [-0.4, -0.2) is 29.7 Å². The number of piperidine rings is 1. The lowest BCUT2D eigenvalue weighted by Crippen LogP contribution is -2.52. The zero-order valence-electron chi connectivity index (χ0n) is 16.8. The number of benzene rings is 3. The highest BCUT2D eigenvalue weighted by Gasteiger charge is 2.42. The minimum absolute atomic E-state index is 0.190. The molecule has 5 rings (SSSR count). The highest BCUT2D eigenvalue weighted by Crippen LogP contribution is 2.39. The Labute approximate surface area is 179 Å². The summed E-state index contributed by atoms with van der Waals surface area (Å²) in [6.07, 6.45) is 1.05. The number of hydrogen-bond donors (Lipinski definition) is 0. The maximum Gasteiger partial charge on any atom is 0.253 e. The zero-order valence-corrected chi connectivity index (χ0v) is 16.8. The summed E-state index contributed by atoms with van der Waals surface area (Å²) in [7, 11) is 0. The number of nitrogens with zero attached hydrogens (tertiary/aromatic N) is 1. The molecule has 2 aliphatic rings.